The van der Waals surface area contributed by atoms with Crippen molar-refractivity contribution in [2.75, 3.05) is 12.4 Å². The van der Waals surface area contributed by atoms with Crippen LogP contribution in [0, 0.1) is 0 Å². The highest BCUT2D eigenvalue weighted by atomic mass is 35.5. The van der Waals surface area contributed by atoms with Crippen LogP contribution in [0.25, 0.3) is 10.2 Å². The van der Waals surface area contributed by atoms with Gasteiger partial charge in [0.2, 0.25) is 0 Å². The van der Waals surface area contributed by atoms with Gasteiger partial charge in [-0.15, -0.1) is 11.8 Å². The third-order valence-electron chi connectivity index (χ3n) is 3.79. The number of rotatable bonds is 7. The van der Waals surface area contributed by atoms with Crippen LogP contribution in [0.1, 0.15) is 12.5 Å². The van der Waals surface area contributed by atoms with Gasteiger partial charge in [0.1, 0.15) is 6.54 Å². The molecule has 146 valence electrons. The van der Waals surface area contributed by atoms with E-state index in [0.29, 0.717) is 16.4 Å². The Balaban J connectivity index is 1.81. The first-order valence-electron chi connectivity index (χ1n) is 8.70. The lowest BCUT2D eigenvalue weighted by Gasteiger charge is -2.05. The monoisotopic (exact) mass is 434 g/mol. The number of ether oxygens (including phenoxy) is 1. The first-order valence-corrected chi connectivity index (χ1v) is 11.1. The summed E-state index contributed by atoms with van der Waals surface area (Å²) in [6.07, 6.45) is 0. The maximum Gasteiger partial charge on any atom is 0.326 e. The van der Waals surface area contributed by atoms with Crippen LogP contribution in [0.5, 0.6) is 0 Å². The first-order chi connectivity index (χ1) is 13.6. The van der Waals surface area contributed by atoms with Crippen molar-refractivity contribution in [1.82, 2.24) is 4.57 Å². The third-order valence-corrected chi connectivity index (χ3v) is 6.06. The van der Waals surface area contributed by atoms with E-state index in [1.54, 1.807) is 23.6 Å². The second-order valence-corrected chi connectivity index (χ2v) is 8.30. The fraction of sp³-hybridized carbons (Fsp3) is 0.250. The van der Waals surface area contributed by atoms with Crippen molar-refractivity contribution in [2.24, 2.45) is 4.99 Å². The second kappa shape index (κ2) is 9.91. The number of halogens is 1. The molecule has 0 saturated carbocycles. The summed E-state index contributed by atoms with van der Waals surface area (Å²) in [4.78, 5) is 29.1. The summed E-state index contributed by atoms with van der Waals surface area (Å²) in [6, 6.07) is 15.3. The van der Waals surface area contributed by atoms with E-state index >= 15 is 0 Å². The lowest BCUT2D eigenvalue weighted by atomic mass is 10.2. The topological polar surface area (TPSA) is 60.7 Å². The van der Waals surface area contributed by atoms with Crippen molar-refractivity contribution >= 4 is 56.8 Å². The van der Waals surface area contributed by atoms with Gasteiger partial charge in [-0.05, 0) is 30.7 Å². The lowest BCUT2D eigenvalue weighted by molar-refractivity contribution is -0.143. The Labute approximate surface area is 176 Å². The van der Waals surface area contributed by atoms with E-state index in [9.17, 15) is 9.59 Å². The Morgan fingerprint density at radius 2 is 2.00 bits per heavy atom. The number of nitrogens with zero attached hydrogens (tertiary/aromatic N) is 2. The molecule has 0 spiro atoms. The van der Waals surface area contributed by atoms with Gasteiger partial charge in [0.25, 0.3) is 5.91 Å². The number of aromatic nitrogens is 1. The SMILES string of the molecule is CCOC(=O)Cn1c(=NC(=O)CSCc2ccccc2)sc2cc(Cl)ccc21. The molecule has 0 saturated heterocycles. The van der Waals surface area contributed by atoms with Crippen molar-refractivity contribution in [3.8, 4) is 0 Å². The van der Waals surface area contributed by atoms with Gasteiger partial charge in [0.15, 0.2) is 4.80 Å². The summed E-state index contributed by atoms with van der Waals surface area (Å²) >= 11 is 8.91. The van der Waals surface area contributed by atoms with Crippen molar-refractivity contribution < 1.29 is 14.3 Å². The molecular formula is C20H19ClN2O3S2. The highest BCUT2D eigenvalue weighted by Gasteiger charge is 2.12. The summed E-state index contributed by atoms with van der Waals surface area (Å²) < 4.78 is 7.61. The number of fused-ring (bicyclic) bond motifs is 1. The van der Waals surface area contributed by atoms with E-state index in [1.807, 2.05) is 36.4 Å². The Morgan fingerprint density at radius 3 is 2.75 bits per heavy atom. The molecule has 0 radical (unpaired) electrons. The van der Waals surface area contributed by atoms with Gasteiger partial charge >= 0.3 is 5.97 Å². The van der Waals surface area contributed by atoms with E-state index in [4.69, 9.17) is 16.3 Å². The number of hydrogen-bond acceptors (Lipinski definition) is 5. The summed E-state index contributed by atoms with van der Waals surface area (Å²) in [7, 11) is 0. The summed E-state index contributed by atoms with van der Waals surface area (Å²) in [5, 5.41) is 0.591. The number of thioether (sulfide) groups is 1. The normalized spacial score (nSPS) is 11.7. The van der Waals surface area contributed by atoms with Gasteiger partial charge in [-0.25, -0.2) is 0 Å². The van der Waals surface area contributed by atoms with Gasteiger partial charge in [-0.3, -0.25) is 9.59 Å². The van der Waals surface area contributed by atoms with E-state index in [1.165, 1.54) is 23.1 Å². The van der Waals surface area contributed by atoms with E-state index in [-0.39, 0.29) is 24.2 Å². The summed E-state index contributed by atoms with van der Waals surface area (Å²) in [5.41, 5.74) is 1.96. The predicted molar refractivity (Wildman–Crippen MR) is 115 cm³/mol. The van der Waals surface area contributed by atoms with Crippen molar-refractivity contribution in [3.05, 3.63) is 63.9 Å². The quantitative estimate of drug-likeness (QED) is 0.521. The molecule has 8 heteroatoms. The molecule has 0 N–H and O–H groups in total. The van der Waals surface area contributed by atoms with Gasteiger partial charge < -0.3 is 9.30 Å². The van der Waals surface area contributed by atoms with Crippen molar-refractivity contribution in [3.63, 3.8) is 0 Å². The number of carbonyl (C=O) groups is 2. The number of benzene rings is 2. The van der Waals surface area contributed by atoms with Crippen LogP contribution in [0.2, 0.25) is 5.02 Å². The Hall–Kier alpha value is -2.09. The number of carbonyl (C=O) groups excluding carboxylic acids is 2. The minimum absolute atomic E-state index is 0.00125. The number of hydrogen-bond donors (Lipinski definition) is 0. The highest BCUT2D eigenvalue weighted by Crippen LogP contribution is 2.22. The van der Waals surface area contributed by atoms with Gasteiger partial charge in [-0.2, -0.15) is 4.99 Å². The molecule has 0 aliphatic heterocycles. The predicted octanol–water partition coefficient (Wildman–Crippen LogP) is 4.28. The summed E-state index contributed by atoms with van der Waals surface area (Å²) in [6.45, 7) is 2.06. The molecule has 0 unspecified atom stereocenters. The molecule has 0 aliphatic carbocycles. The van der Waals surface area contributed by atoms with Crippen LogP contribution in [-0.2, 0) is 26.6 Å². The Kier molecular flexibility index (Phi) is 7.30. The molecule has 3 aromatic rings. The fourth-order valence-corrected chi connectivity index (χ4v) is 4.68. The van der Waals surface area contributed by atoms with Crippen LogP contribution in [-0.4, -0.2) is 28.8 Å². The molecule has 1 heterocycles. The first kappa shape index (κ1) is 20.6. The number of amides is 1. The van der Waals surface area contributed by atoms with Crippen LogP contribution < -0.4 is 4.80 Å². The van der Waals surface area contributed by atoms with Gasteiger partial charge in [-0.1, -0.05) is 53.3 Å². The maximum atomic E-state index is 12.4. The van der Waals surface area contributed by atoms with E-state index < -0.39 is 0 Å². The molecule has 2 aromatic carbocycles. The Bertz CT molecular complexity index is 1040. The molecule has 0 fully saturated rings. The third kappa shape index (κ3) is 5.47. The molecule has 28 heavy (non-hydrogen) atoms. The van der Waals surface area contributed by atoms with Crippen molar-refractivity contribution in [1.29, 1.82) is 0 Å². The largest absolute Gasteiger partial charge is 0.465 e. The molecule has 5 nitrogen and oxygen atoms in total. The average molecular weight is 435 g/mol. The van der Waals surface area contributed by atoms with Crippen LogP contribution in [0.4, 0.5) is 0 Å². The molecular weight excluding hydrogens is 416 g/mol. The zero-order valence-electron chi connectivity index (χ0n) is 15.3. The standard InChI is InChI=1S/C20H19ClN2O3S2/c1-2-26-19(25)11-23-16-9-8-15(21)10-17(16)28-20(23)22-18(24)13-27-12-14-6-4-3-5-7-14/h3-10H,2,11-13H2,1H3. The maximum absolute atomic E-state index is 12.4. The molecule has 1 aromatic heterocycles. The Morgan fingerprint density at radius 1 is 1.21 bits per heavy atom. The smallest absolute Gasteiger partial charge is 0.326 e. The molecule has 3 rings (SSSR count). The average Bonchev–Trinajstić information content (AvgIpc) is 2.98. The van der Waals surface area contributed by atoms with Crippen LogP contribution >= 0.6 is 34.7 Å². The minimum Gasteiger partial charge on any atom is -0.465 e. The minimum atomic E-state index is -0.371. The van der Waals surface area contributed by atoms with Gasteiger partial charge in [0.05, 0.1) is 22.6 Å². The molecule has 0 bridgehead atoms. The second-order valence-electron chi connectivity index (χ2n) is 5.87. The van der Waals surface area contributed by atoms with Gasteiger partial charge in [0, 0.05) is 10.8 Å². The molecule has 0 aliphatic rings. The summed E-state index contributed by atoms with van der Waals surface area (Å²) in [5.74, 6) is 0.400. The van der Waals surface area contributed by atoms with Crippen molar-refractivity contribution in [2.45, 2.75) is 19.2 Å². The zero-order valence-corrected chi connectivity index (χ0v) is 17.6. The fourth-order valence-electron chi connectivity index (χ4n) is 2.59. The van der Waals surface area contributed by atoms with Crippen LogP contribution in [0.15, 0.2) is 53.5 Å². The molecule has 0 atom stereocenters. The zero-order chi connectivity index (χ0) is 19.9. The van der Waals surface area contributed by atoms with Crippen LogP contribution in [0.3, 0.4) is 0 Å². The highest BCUT2D eigenvalue weighted by molar-refractivity contribution is 7.99. The number of esters is 1. The lowest BCUT2D eigenvalue weighted by Crippen LogP contribution is -2.23. The van der Waals surface area contributed by atoms with E-state index in [2.05, 4.69) is 4.99 Å². The van der Waals surface area contributed by atoms with E-state index in [0.717, 1.165) is 21.5 Å². The number of thiazole rings is 1. The molecule has 1 amide bonds.